The summed E-state index contributed by atoms with van der Waals surface area (Å²) < 4.78 is 1.84. The fourth-order valence-corrected chi connectivity index (χ4v) is 16.0. The van der Waals surface area contributed by atoms with Crippen LogP contribution in [0.3, 0.4) is 0 Å². The molecule has 5 aliphatic rings. The van der Waals surface area contributed by atoms with Crippen LogP contribution in [0, 0.1) is 58.3 Å². The zero-order valence-corrected chi connectivity index (χ0v) is 60.9. The van der Waals surface area contributed by atoms with Gasteiger partial charge in [0.2, 0.25) is 44.7 Å². The van der Waals surface area contributed by atoms with Gasteiger partial charge in [0.25, 0.3) is 0 Å². The number of imidazole rings is 1. The summed E-state index contributed by atoms with van der Waals surface area (Å²) in [5.41, 5.74) is 5.60. The Bertz CT molecular complexity index is 4180. The molecule has 0 amide bonds. The summed E-state index contributed by atoms with van der Waals surface area (Å²) in [7, 11) is 0. The highest BCUT2D eigenvalue weighted by Gasteiger charge is 2.41. The third-order valence-corrected chi connectivity index (χ3v) is 22.6. The molecule has 11 rings (SSSR count). The molecule has 0 saturated carbocycles. The number of hydrogen-bond donors (Lipinski definition) is 13. The molecule has 0 spiro atoms. The van der Waals surface area contributed by atoms with Crippen molar-refractivity contribution in [2.45, 2.75) is 208 Å². The summed E-state index contributed by atoms with van der Waals surface area (Å²) in [5.74, 6) is -3.48. The highest BCUT2D eigenvalue weighted by atomic mass is 16.3. The summed E-state index contributed by atoms with van der Waals surface area (Å²) >= 11 is 0. The molecule has 13 N–H and O–H groups in total. The van der Waals surface area contributed by atoms with Crippen LogP contribution in [0.4, 0.5) is 0 Å². The van der Waals surface area contributed by atoms with Crippen molar-refractivity contribution in [3.05, 3.63) is 186 Å². The molecule has 1 aromatic heterocycles. The van der Waals surface area contributed by atoms with Crippen molar-refractivity contribution in [3.8, 4) is 46.0 Å². The van der Waals surface area contributed by atoms with E-state index in [1.54, 1.807) is 26.4 Å². The molecule has 1 aliphatic heterocycles. The van der Waals surface area contributed by atoms with Crippen molar-refractivity contribution in [2.75, 3.05) is 45.8 Å². The van der Waals surface area contributed by atoms with Gasteiger partial charge in [-0.2, -0.15) is 0 Å². The lowest BCUT2D eigenvalue weighted by molar-refractivity contribution is -0.0387. The number of aromatic nitrogens is 2. The predicted molar refractivity (Wildman–Crippen MR) is 391 cm³/mol. The lowest BCUT2D eigenvalue weighted by Gasteiger charge is -2.41. The number of aryl methyl sites for hydroxylation is 5. The van der Waals surface area contributed by atoms with Gasteiger partial charge in [0, 0.05) is 60.8 Å². The van der Waals surface area contributed by atoms with Gasteiger partial charge in [-0.15, -0.1) is 0 Å². The van der Waals surface area contributed by atoms with Crippen molar-refractivity contribution in [1.29, 1.82) is 0 Å². The van der Waals surface area contributed by atoms with Crippen LogP contribution >= 0.6 is 0 Å². The molecule has 101 heavy (non-hydrogen) atoms. The molecule has 21 nitrogen and oxygen atoms in total. The average molecular weight is 1400 g/mol. The van der Waals surface area contributed by atoms with E-state index in [0.29, 0.717) is 126 Å². The molecule has 1 fully saturated rings. The maximum absolute atomic E-state index is 11.9. The summed E-state index contributed by atoms with van der Waals surface area (Å²) in [6, 6.07) is 13.6. The van der Waals surface area contributed by atoms with Gasteiger partial charge in [0.05, 0.1) is 35.3 Å². The fraction of sp³-hybridized carbons (Fsp3) is 0.537. The quantitative estimate of drug-likeness (QED) is 0.0433. The molecule has 0 bridgehead atoms. The number of rotatable bonds is 16. The minimum atomic E-state index is -0.947. The third-order valence-electron chi connectivity index (χ3n) is 22.6. The van der Waals surface area contributed by atoms with E-state index in [0.717, 1.165) is 77.1 Å². The van der Waals surface area contributed by atoms with E-state index in [4.69, 9.17) is 0 Å². The van der Waals surface area contributed by atoms with Crippen LogP contribution in [-0.2, 0) is 64.5 Å². The Morgan fingerprint density at radius 3 is 1.18 bits per heavy atom. The van der Waals surface area contributed by atoms with E-state index in [2.05, 4.69) is 53.0 Å². The Morgan fingerprint density at radius 1 is 0.465 bits per heavy atom. The van der Waals surface area contributed by atoms with Gasteiger partial charge in [-0.25, -0.2) is 4.98 Å². The lowest BCUT2D eigenvalue weighted by Crippen LogP contribution is -2.49. The minimum Gasteiger partial charge on any atom is -0.504 e. The van der Waals surface area contributed by atoms with Crippen molar-refractivity contribution in [3.63, 3.8) is 0 Å². The van der Waals surface area contributed by atoms with Gasteiger partial charge < -0.3 is 81.0 Å². The number of likely N-dealkylation sites (N-methyl/N-ethyl adjacent to an activating group) is 1. The molecule has 550 valence electrons. The first kappa shape index (κ1) is 78.8. The topological polar surface area (TPSA) is 347 Å². The molecule has 1 saturated heterocycles. The molecule has 21 heteroatoms. The van der Waals surface area contributed by atoms with Crippen molar-refractivity contribution in [1.82, 2.24) is 24.7 Å². The highest BCUT2D eigenvalue weighted by Crippen LogP contribution is 2.44. The van der Waals surface area contributed by atoms with E-state index in [1.165, 1.54) is 54.7 Å². The van der Waals surface area contributed by atoms with Gasteiger partial charge >= 0.3 is 0 Å². The molecule has 4 aliphatic carbocycles. The van der Waals surface area contributed by atoms with Crippen LogP contribution in [0.5, 0.6) is 46.0 Å². The Hall–Kier alpha value is -7.89. The first-order valence-electron chi connectivity index (χ1n) is 35.9. The van der Waals surface area contributed by atoms with Gasteiger partial charge in [-0.05, 0) is 282 Å². The highest BCUT2D eigenvalue weighted by molar-refractivity contribution is 5.54. The smallest absolute Gasteiger partial charge is 0.224 e. The van der Waals surface area contributed by atoms with Crippen LogP contribution in [0.15, 0.2) is 86.4 Å². The second-order valence-electron chi connectivity index (χ2n) is 30.1. The molecular formula is C80H109N5O16. The van der Waals surface area contributed by atoms with Crippen LogP contribution < -0.4 is 27.0 Å². The molecule has 8 atom stereocenters. The standard InChI is InChI=1S/C23H29NO4.C20H29NO4.C19H29NO4.C18H22N2O4/c1-14-6-4-5-7-16(14)12-24-13-23(3,28)17-8-9-18-19(11-17)15(2)10-20(25)22(27)21(18)26;1-13-10-17(22)19(24)18(23)15-7-6-14(11-16(13)15)20(2,25)12-21-8-4-3-5-9-21;1-5-20(6-2)11-19(4,24)13-7-8-14-15(10-13)12(3)9-16(21)18(23)17(14)22;1-11-7-15(21)17(23)16(22)13-4-3-12(8-14(11)13)18(2,24)9-20-6-5-19-10-20/h4-7,10,17,24,28H,8-9,11-13H2,1-3H3,(H2,25,26,27);10,14,25H,3-9,11-12H2,1-2H3,(H2,22,23,24);9,13,24H,5-8,10-11H2,1-4H3,(H2,21,22,23);5-7,10,12,24H,3-4,8-9H2,1-2H3,(H2,21,22,23). The number of benzene rings is 1. The lowest BCUT2D eigenvalue weighted by atomic mass is 9.74. The van der Waals surface area contributed by atoms with E-state index < -0.39 is 67.1 Å². The number of fused-ring (bicyclic) bond motifs is 4. The average Bonchev–Trinajstić information content (AvgIpc) is 1.78. The largest absolute Gasteiger partial charge is 0.504 e. The van der Waals surface area contributed by atoms with E-state index in [1.807, 2.05) is 64.4 Å². The first-order chi connectivity index (χ1) is 47.5. The third kappa shape index (κ3) is 18.7. The van der Waals surface area contributed by atoms with Crippen LogP contribution in [0.1, 0.15) is 164 Å². The monoisotopic (exact) mass is 1400 g/mol. The Kier molecular flexibility index (Phi) is 25.8. The maximum Gasteiger partial charge on any atom is 0.224 e. The SMILES string of the molecule is CCN(CC)CC(C)(O)C1CCc2c(O)c(O)c(=O)cc(C)c2C1.Cc1cc(=O)c(O)c(O)c2c1CC(C(C)(O)CN1CCCCC1)CC2.Cc1cc(=O)c(O)c(O)c2c1CC(C(C)(O)Cn1ccnc1)CC2.Cc1ccccc1CNCC(C)(O)C1CCc2c(O)c(O)c(=O)cc(C)c2C1. The molecular weight excluding hydrogens is 1290 g/mol. The van der Waals surface area contributed by atoms with Gasteiger partial charge in [-0.3, -0.25) is 19.2 Å². The predicted octanol–water partition coefficient (Wildman–Crippen LogP) is 8.31. The second kappa shape index (κ2) is 33.0. The first-order valence-corrected chi connectivity index (χ1v) is 35.9. The van der Waals surface area contributed by atoms with E-state index in [-0.39, 0.29) is 46.7 Å². The zero-order chi connectivity index (χ0) is 74.2. The van der Waals surface area contributed by atoms with Crippen molar-refractivity contribution >= 4 is 0 Å². The van der Waals surface area contributed by atoms with Crippen molar-refractivity contribution < 1.29 is 61.3 Å². The van der Waals surface area contributed by atoms with Crippen LogP contribution in [0.2, 0.25) is 0 Å². The van der Waals surface area contributed by atoms with Crippen LogP contribution in [-0.4, -0.2) is 149 Å². The number of hydrogen-bond acceptors (Lipinski definition) is 20. The summed E-state index contributed by atoms with van der Waals surface area (Å²) in [5, 5.41) is 128. The minimum absolute atomic E-state index is 0.0119. The van der Waals surface area contributed by atoms with Gasteiger partial charge in [0.1, 0.15) is 0 Å². The number of piperidine rings is 1. The Balaban J connectivity index is 0.000000171. The Morgan fingerprint density at radius 2 is 0.822 bits per heavy atom. The van der Waals surface area contributed by atoms with Gasteiger partial charge in [-0.1, -0.05) is 44.5 Å². The second-order valence-corrected chi connectivity index (χ2v) is 30.1. The molecule has 6 aromatic rings. The summed E-state index contributed by atoms with van der Waals surface area (Å²) in [6.45, 7) is 27.6. The normalized spacial score (nSPS) is 20.3. The van der Waals surface area contributed by atoms with E-state index >= 15 is 0 Å². The van der Waals surface area contributed by atoms with Crippen molar-refractivity contribution in [2.24, 2.45) is 23.7 Å². The Labute approximate surface area is 592 Å². The maximum atomic E-state index is 11.9. The summed E-state index contributed by atoms with van der Waals surface area (Å²) in [4.78, 5) is 56.1. The number of nitrogens with zero attached hydrogens (tertiary/aromatic N) is 4. The number of nitrogens with one attached hydrogen (secondary N) is 1. The van der Waals surface area contributed by atoms with Crippen LogP contribution in [0.25, 0.3) is 0 Å². The fourth-order valence-electron chi connectivity index (χ4n) is 16.0. The summed E-state index contributed by atoms with van der Waals surface area (Å²) in [6.07, 6.45) is 16.0. The zero-order valence-electron chi connectivity index (χ0n) is 60.9. The molecule has 0 radical (unpaired) electrons. The molecule has 2 heterocycles. The van der Waals surface area contributed by atoms with Gasteiger partial charge in [0.15, 0.2) is 23.0 Å². The van der Waals surface area contributed by atoms with E-state index in [9.17, 15) is 80.5 Å². The molecule has 8 unspecified atom stereocenters. The number of β-amino-alcohol motifs (C(OH)–C–C–N with tert-alkyl or cyclic N) is 1. The molecule has 5 aromatic carbocycles. The number of aromatic hydroxyl groups is 8. The number of aliphatic hydroxyl groups is 4. The number of likely N-dealkylation sites (tertiary alicyclic amines) is 1.